The van der Waals surface area contributed by atoms with Gasteiger partial charge in [0, 0.05) is 38.6 Å². The van der Waals surface area contributed by atoms with Crippen LogP contribution in [-0.2, 0) is 30.6 Å². The molecule has 4 N–H and O–H groups in total. The molecule has 1 aromatic heterocycles. The SMILES string of the molecule is NN=CN1CCOC(CNC(=O)C[C@@H](C(=O)N(CCc2nnn[nH]2)C2CC2)S(=O)(=O)c2ccc3ccccc3c2)C1. The number of benzene rings is 2. The quantitative estimate of drug-likeness (QED) is 0.112. The van der Waals surface area contributed by atoms with Crippen molar-refractivity contribution in [1.29, 1.82) is 0 Å². The predicted octanol–water partition coefficient (Wildman–Crippen LogP) is -0.162. The second-order valence-corrected chi connectivity index (χ2v) is 12.3. The lowest BCUT2D eigenvalue weighted by Crippen LogP contribution is -2.49. The van der Waals surface area contributed by atoms with Gasteiger partial charge in [-0.1, -0.05) is 30.3 Å². The maximum absolute atomic E-state index is 14.0. The third kappa shape index (κ3) is 6.97. The standard InChI is InChI=1S/C26H33N9O5S/c27-29-17-34-11-12-40-21(16-34)15-28-25(36)14-23(26(37)35(20-6-7-20)10-9-24-30-32-33-31-24)41(38,39)22-8-5-18-3-1-2-4-19(18)13-22/h1-5,8,13,17,20-21,23H,6-7,9-12,14-16,27H2,(H,28,36)(H,30,31,32,33)/t21?,23-/m0/s1. The minimum absolute atomic E-state index is 0.00939. The Kier molecular flexibility index (Phi) is 8.73. The fourth-order valence-electron chi connectivity index (χ4n) is 4.93. The van der Waals surface area contributed by atoms with Gasteiger partial charge in [0.1, 0.15) is 12.2 Å². The smallest absolute Gasteiger partial charge is 0.242 e. The van der Waals surface area contributed by atoms with E-state index in [0.717, 1.165) is 23.6 Å². The third-order valence-corrected chi connectivity index (χ3v) is 9.28. The fraction of sp³-hybridized carbons (Fsp3) is 0.462. The van der Waals surface area contributed by atoms with Gasteiger partial charge < -0.3 is 25.7 Å². The van der Waals surface area contributed by atoms with Crippen molar-refractivity contribution in [1.82, 2.24) is 35.7 Å². The molecule has 1 saturated heterocycles. The zero-order chi connectivity index (χ0) is 28.8. The lowest BCUT2D eigenvalue weighted by Gasteiger charge is -2.31. The van der Waals surface area contributed by atoms with E-state index in [1.807, 2.05) is 29.2 Å². The molecule has 2 fully saturated rings. The summed E-state index contributed by atoms with van der Waals surface area (Å²) < 4.78 is 33.8. The van der Waals surface area contributed by atoms with E-state index in [2.05, 4.69) is 31.0 Å². The zero-order valence-corrected chi connectivity index (χ0v) is 23.2. The zero-order valence-electron chi connectivity index (χ0n) is 22.4. The number of morpholine rings is 1. The highest BCUT2D eigenvalue weighted by Crippen LogP contribution is 2.31. The molecule has 218 valence electrons. The molecule has 2 amide bonds. The molecule has 1 unspecified atom stereocenters. The van der Waals surface area contributed by atoms with Crippen molar-refractivity contribution in [2.24, 2.45) is 10.9 Å². The largest absolute Gasteiger partial charge is 0.373 e. The number of carbonyl (C=O) groups excluding carboxylic acids is 2. The highest BCUT2D eigenvalue weighted by atomic mass is 32.2. The third-order valence-electron chi connectivity index (χ3n) is 7.25. The van der Waals surface area contributed by atoms with Gasteiger partial charge in [-0.2, -0.15) is 5.10 Å². The number of sulfone groups is 1. The van der Waals surface area contributed by atoms with Gasteiger partial charge in [0.2, 0.25) is 11.8 Å². The van der Waals surface area contributed by atoms with Crippen LogP contribution in [0.1, 0.15) is 25.1 Å². The molecule has 5 rings (SSSR count). The summed E-state index contributed by atoms with van der Waals surface area (Å²) in [5.74, 6) is 4.56. The topological polar surface area (TPSA) is 189 Å². The Morgan fingerprint density at radius 3 is 2.78 bits per heavy atom. The van der Waals surface area contributed by atoms with Gasteiger partial charge in [-0.05, 0) is 46.2 Å². The first-order valence-electron chi connectivity index (χ1n) is 13.5. The van der Waals surface area contributed by atoms with E-state index < -0.39 is 33.3 Å². The van der Waals surface area contributed by atoms with Crippen molar-refractivity contribution >= 4 is 38.8 Å². The normalized spacial score (nSPS) is 18.4. The number of nitrogens with two attached hydrogens (primary N) is 1. The Morgan fingerprint density at radius 2 is 2.05 bits per heavy atom. The second kappa shape index (κ2) is 12.6. The fourth-order valence-corrected chi connectivity index (χ4v) is 6.58. The van der Waals surface area contributed by atoms with Gasteiger partial charge in [0.05, 0.1) is 24.0 Å². The number of carbonyl (C=O) groups is 2. The summed E-state index contributed by atoms with van der Waals surface area (Å²) in [7, 11) is -4.24. The van der Waals surface area contributed by atoms with Crippen LogP contribution in [0, 0.1) is 0 Å². The Labute approximate surface area is 237 Å². The Balaban J connectivity index is 1.36. The number of hydrogen-bond acceptors (Lipinski definition) is 10. The van der Waals surface area contributed by atoms with E-state index in [4.69, 9.17) is 10.6 Å². The average Bonchev–Trinajstić information content (AvgIpc) is 3.68. The average molecular weight is 584 g/mol. The predicted molar refractivity (Wildman–Crippen MR) is 149 cm³/mol. The number of nitrogens with zero attached hydrogens (tertiary/aromatic N) is 6. The van der Waals surface area contributed by atoms with Crippen LogP contribution in [0.25, 0.3) is 10.8 Å². The number of aromatic amines is 1. The van der Waals surface area contributed by atoms with Crippen LogP contribution in [0.3, 0.4) is 0 Å². The van der Waals surface area contributed by atoms with E-state index >= 15 is 0 Å². The molecule has 1 aliphatic heterocycles. The van der Waals surface area contributed by atoms with Crippen LogP contribution < -0.4 is 11.2 Å². The summed E-state index contributed by atoms with van der Waals surface area (Å²) in [6.45, 7) is 1.88. The Bertz CT molecular complexity index is 1490. The molecule has 3 aromatic rings. The maximum Gasteiger partial charge on any atom is 0.242 e. The van der Waals surface area contributed by atoms with Crippen molar-refractivity contribution < 1.29 is 22.7 Å². The molecule has 2 atom stereocenters. The number of H-pyrrole nitrogens is 1. The van der Waals surface area contributed by atoms with Crippen LogP contribution in [-0.4, -0.2) is 107 Å². The first-order valence-corrected chi connectivity index (χ1v) is 15.0. The summed E-state index contributed by atoms with van der Waals surface area (Å²) in [5, 5.41) is 19.9. The highest BCUT2D eigenvalue weighted by Gasteiger charge is 2.43. The minimum Gasteiger partial charge on any atom is -0.373 e. The Morgan fingerprint density at radius 1 is 1.24 bits per heavy atom. The van der Waals surface area contributed by atoms with Gasteiger partial charge in [-0.15, -0.1) is 5.10 Å². The van der Waals surface area contributed by atoms with E-state index in [9.17, 15) is 18.0 Å². The number of hydrazone groups is 1. The summed E-state index contributed by atoms with van der Waals surface area (Å²) in [5.41, 5.74) is 0. The van der Waals surface area contributed by atoms with Crippen LogP contribution in [0.5, 0.6) is 0 Å². The molecule has 41 heavy (non-hydrogen) atoms. The van der Waals surface area contributed by atoms with Crippen molar-refractivity contribution in [2.45, 2.75) is 48.0 Å². The van der Waals surface area contributed by atoms with E-state index in [0.29, 0.717) is 31.9 Å². The molecule has 2 aliphatic rings. The minimum atomic E-state index is -4.24. The van der Waals surface area contributed by atoms with Crippen LogP contribution in [0.4, 0.5) is 0 Å². The molecular weight excluding hydrogens is 550 g/mol. The number of fused-ring (bicyclic) bond motifs is 1. The molecule has 1 saturated carbocycles. The summed E-state index contributed by atoms with van der Waals surface area (Å²) in [6, 6.07) is 12.0. The van der Waals surface area contributed by atoms with E-state index in [1.54, 1.807) is 17.0 Å². The number of amides is 2. The van der Waals surface area contributed by atoms with Gasteiger partial charge in [0.25, 0.3) is 0 Å². The van der Waals surface area contributed by atoms with E-state index in [1.165, 1.54) is 12.4 Å². The molecule has 2 aromatic carbocycles. The van der Waals surface area contributed by atoms with Gasteiger partial charge in [-0.3, -0.25) is 9.59 Å². The Hall–Kier alpha value is -4.11. The van der Waals surface area contributed by atoms with Crippen molar-refractivity contribution in [3.8, 4) is 0 Å². The number of rotatable bonds is 12. The van der Waals surface area contributed by atoms with E-state index in [-0.39, 0.29) is 30.1 Å². The van der Waals surface area contributed by atoms with Gasteiger partial charge in [0.15, 0.2) is 15.1 Å². The summed E-state index contributed by atoms with van der Waals surface area (Å²) in [4.78, 5) is 30.5. The molecule has 15 heteroatoms. The summed E-state index contributed by atoms with van der Waals surface area (Å²) in [6.07, 6.45) is 2.49. The molecule has 0 spiro atoms. The van der Waals surface area contributed by atoms with Crippen LogP contribution in [0.2, 0.25) is 0 Å². The molecule has 14 nitrogen and oxygen atoms in total. The molecule has 0 bridgehead atoms. The number of tetrazole rings is 1. The lowest BCUT2D eigenvalue weighted by atomic mass is 10.1. The van der Waals surface area contributed by atoms with Crippen molar-refractivity contribution in [3.63, 3.8) is 0 Å². The van der Waals surface area contributed by atoms with Crippen molar-refractivity contribution in [3.05, 3.63) is 48.3 Å². The number of nitrogens with one attached hydrogen (secondary N) is 2. The first kappa shape index (κ1) is 28.4. The summed E-state index contributed by atoms with van der Waals surface area (Å²) >= 11 is 0. The molecule has 2 heterocycles. The van der Waals surface area contributed by atoms with Crippen LogP contribution in [0.15, 0.2) is 52.5 Å². The monoisotopic (exact) mass is 583 g/mol. The lowest BCUT2D eigenvalue weighted by molar-refractivity contribution is -0.133. The highest BCUT2D eigenvalue weighted by molar-refractivity contribution is 7.92. The molecular formula is C26H33N9O5S. The van der Waals surface area contributed by atoms with Gasteiger partial charge in [-0.25, -0.2) is 13.5 Å². The first-order chi connectivity index (χ1) is 19.8. The second-order valence-electron chi connectivity index (χ2n) is 10.2. The number of hydrogen-bond donors (Lipinski definition) is 3. The van der Waals surface area contributed by atoms with Crippen molar-refractivity contribution in [2.75, 3.05) is 32.8 Å². The van der Waals surface area contributed by atoms with Gasteiger partial charge >= 0.3 is 0 Å². The van der Waals surface area contributed by atoms with Crippen LogP contribution >= 0.6 is 0 Å². The molecule has 0 radical (unpaired) electrons. The number of aromatic nitrogens is 4. The molecule has 1 aliphatic carbocycles. The number of ether oxygens (including phenoxy) is 1. The maximum atomic E-state index is 14.0.